The molecule has 0 spiro atoms. The van der Waals surface area contributed by atoms with Gasteiger partial charge in [-0.1, -0.05) is 27.7 Å². The number of aromatic nitrogens is 2. The van der Waals surface area contributed by atoms with Crippen molar-refractivity contribution < 1.29 is 0 Å². The summed E-state index contributed by atoms with van der Waals surface area (Å²) in [7, 11) is 0. The molecular weight excluding hydrogens is 314 g/mol. The zero-order valence-corrected chi connectivity index (χ0v) is 15.4. The summed E-state index contributed by atoms with van der Waals surface area (Å²) < 4.78 is 3.32. The standard InChI is InChI=1S/C16H30BrN3/c1-7-20-15(16(17)14(6)19-20)8-12(4)13(5)10-18-9-11(2)3/h11-13,18H,7-10H2,1-6H3. The predicted octanol–water partition coefficient (Wildman–Crippen LogP) is 4.03. The molecule has 0 aliphatic carbocycles. The van der Waals surface area contributed by atoms with E-state index in [1.807, 2.05) is 0 Å². The van der Waals surface area contributed by atoms with Gasteiger partial charge in [0.15, 0.2) is 0 Å². The summed E-state index contributed by atoms with van der Waals surface area (Å²) in [5, 5.41) is 8.15. The molecule has 0 amide bonds. The van der Waals surface area contributed by atoms with Gasteiger partial charge in [0.1, 0.15) is 0 Å². The fourth-order valence-electron chi connectivity index (χ4n) is 2.37. The molecule has 2 atom stereocenters. The summed E-state index contributed by atoms with van der Waals surface area (Å²) in [4.78, 5) is 0. The molecule has 4 heteroatoms. The van der Waals surface area contributed by atoms with Crippen molar-refractivity contribution in [3.8, 4) is 0 Å². The number of nitrogens with zero attached hydrogens (tertiary/aromatic N) is 2. The molecule has 1 aromatic rings. The number of halogens is 1. The Morgan fingerprint density at radius 2 is 1.80 bits per heavy atom. The first-order valence-electron chi connectivity index (χ1n) is 7.79. The van der Waals surface area contributed by atoms with Crippen molar-refractivity contribution in [2.45, 2.75) is 54.5 Å². The fourth-order valence-corrected chi connectivity index (χ4v) is 2.82. The van der Waals surface area contributed by atoms with E-state index < -0.39 is 0 Å². The molecule has 0 fully saturated rings. The lowest BCUT2D eigenvalue weighted by molar-refractivity contribution is 0.350. The molecule has 1 N–H and O–H groups in total. The first-order valence-corrected chi connectivity index (χ1v) is 8.58. The highest BCUT2D eigenvalue weighted by atomic mass is 79.9. The molecule has 0 aliphatic rings. The Hall–Kier alpha value is -0.350. The van der Waals surface area contributed by atoms with Crippen molar-refractivity contribution in [3.63, 3.8) is 0 Å². The second-order valence-electron chi connectivity index (χ2n) is 6.37. The van der Waals surface area contributed by atoms with E-state index in [1.165, 1.54) is 10.2 Å². The molecule has 0 aliphatic heterocycles. The van der Waals surface area contributed by atoms with E-state index in [-0.39, 0.29) is 0 Å². The molecule has 1 rings (SSSR count). The van der Waals surface area contributed by atoms with Crippen molar-refractivity contribution in [2.24, 2.45) is 17.8 Å². The van der Waals surface area contributed by atoms with Gasteiger partial charge in [-0.25, -0.2) is 0 Å². The summed E-state index contributed by atoms with van der Waals surface area (Å²) in [5.74, 6) is 2.03. The zero-order chi connectivity index (χ0) is 15.3. The Kier molecular flexibility index (Phi) is 7.24. The quantitative estimate of drug-likeness (QED) is 0.771. The van der Waals surface area contributed by atoms with E-state index in [2.05, 4.69) is 72.6 Å². The van der Waals surface area contributed by atoms with Gasteiger partial charge < -0.3 is 5.32 Å². The van der Waals surface area contributed by atoms with Crippen LogP contribution in [0.4, 0.5) is 0 Å². The lowest BCUT2D eigenvalue weighted by atomic mass is 9.91. The third kappa shape index (κ3) is 4.88. The number of hydrogen-bond donors (Lipinski definition) is 1. The van der Waals surface area contributed by atoms with Crippen molar-refractivity contribution >= 4 is 15.9 Å². The van der Waals surface area contributed by atoms with Crippen LogP contribution >= 0.6 is 15.9 Å². The van der Waals surface area contributed by atoms with Gasteiger partial charge in [-0.15, -0.1) is 0 Å². The van der Waals surface area contributed by atoms with Crippen LogP contribution in [0.3, 0.4) is 0 Å². The van der Waals surface area contributed by atoms with Gasteiger partial charge in [-0.3, -0.25) is 4.68 Å². The van der Waals surface area contributed by atoms with Crippen LogP contribution in [0.5, 0.6) is 0 Å². The topological polar surface area (TPSA) is 29.9 Å². The molecule has 0 aromatic carbocycles. The highest BCUT2D eigenvalue weighted by Crippen LogP contribution is 2.26. The van der Waals surface area contributed by atoms with Gasteiger partial charge in [0, 0.05) is 6.54 Å². The van der Waals surface area contributed by atoms with Crippen LogP contribution in [0.25, 0.3) is 0 Å². The average molecular weight is 344 g/mol. The Balaban J connectivity index is 2.59. The Morgan fingerprint density at radius 3 is 2.35 bits per heavy atom. The normalized spacial score (nSPS) is 14.8. The molecule has 20 heavy (non-hydrogen) atoms. The van der Waals surface area contributed by atoms with Crippen LogP contribution in [0.2, 0.25) is 0 Å². The molecule has 0 saturated heterocycles. The minimum absolute atomic E-state index is 0.646. The van der Waals surface area contributed by atoms with Crippen molar-refractivity contribution in [3.05, 3.63) is 15.9 Å². The lowest BCUT2D eigenvalue weighted by Crippen LogP contribution is -2.29. The van der Waals surface area contributed by atoms with Gasteiger partial charge in [0.25, 0.3) is 0 Å². The minimum Gasteiger partial charge on any atom is -0.316 e. The van der Waals surface area contributed by atoms with E-state index in [1.54, 1.807) is 0 Å². The number of nitrogens with one attached hydrogen (secondary N) is 1. The fraction of sp³-hybridized carbons (Fsp3) is 0.812. The number of hydrogen-bond acceptors (Lipinski definition) is 2. The second-order valence-corrected chi connectivity index (χ2v) is 7.17. The van der Waals surface area contributed by atoms with Gasteiger partial charge >= 0.3 is 0 Å². The SMILES string of the molecule is CCn1nc(C)c(Br)c1CC(C)C(C)CNCC(C)C. The smallest absolute Gasteiger partial charge is 0.0738 e. The van der Waals surface area contributed by atoms with E-state index in [9.17, 15) is 0 Å². The molecule has 0 saturated carbocycles. The maximum Gasteiger partial charge on any atom is 0.0738 e. The zero-order valence-electron chi connectivity index (χ0n) is 13.8. The van der Waals surface area contributed by atoms with Gasteiger partial charge in [-0.05, 0) is 67.0 Å². The monoisotopic (exact) mass is 343 g/mol. The third-order valence-corrected chi connectivity index (χ3v) is 4.99. The molecular formula is C16H30BrN3. The summed E-state index contributed by atoms with van der Waals surface area (Å²) in [6, 6.07) is 0. The van der Waals surface area contributed by atoms with Gasteiger partial charge in [-0.2, -0.15) is 5.10 Å². The highest BCUT2D eigenvalue weighted by Gasteiger charge is 2.18. The molecule has 2 unspecified atom stereocenters. The first-order chi connectivity index (χ1) is 9.36. The molecule has 0 radical (unpaired) electrons. The highest BCUT2D eigenvalue weighted by molar-refractivity contribution is 9.10. The van der Waals surface area contributed by atoms with Crippen molar-refractivity contribution in [1.29, 1.82) is 0 Å². The molecule has 116 valence electrons. The Labute approximate surface area is 132 Å². The van der Waals surface area contributed by atoms with E-state index in [4.69, 9.17) is 0 Å². The predicted molar refractivity (Wildman–Crippen MR) is 90.1 cm³/mol. The van der Waals surface area contributed by atoms with Crippen molar-refractivity contribution in [1.82, 2.24) is 15.1 Å². The largest absolute Gasteiger partial charge is 0.316 e. The summed E-state index contributed by atoms with van der Waals surface area (Å²) in [6.07, 6.45) is 1.08. The van der Waals surface area contributed by atoms with E-state index in [0.29, 0.717) is 11.8 Å². The summed E-state index contributed by atoms with van der Waals surface area (Å²) >= 11 is 3.69. The summed E-state index contributed by atoms with van der Waals surface area (Å²) in [5.41, 5.74) is 2.44. The van der Waals surface area contributed by atoms with Crippen molar-refractivity contribution in [2.75, 3.05) is 13.1 Å². The van der Waals surface area contributed by atoms with Crippen LogP contribution in [0.1, 0.15) is 46.0 Å². The van der Waals surface area contributed by atoms with Gasteiger partial charge in [0.05, 0.1) is 15.9 Å². The first kappa shape index (κ1) is 17.7. The minimum atomic E-state index is 0.646. The van der Waals surface area contributed by atoms with Crippen LogP contribution < -0.4 is 5.32 Å². The summed E-state index contributed by atoms with van der Waals surface area (Å²) in [6.45, 7) is 16.5. The average Bonchev–Trinajstić information content (AvgIpc) is 2.65. The van der Waals surface area contributed by atoms with Crippen LogP contribution in [0.15, 0.2) is 4.47 Å². The van der Waals surface area contributed by atoms with Crippen LogP contribution in [0, 0.1) is 24.7 Å². The molecule has 0 bridgehead atoms. The number of rotatable bonds is 8. The number of aryl methyl sites for hydroxylation is 2. The second kappa shape index (κ2) is 8.18. The van der Waals surface area contributed by atoms with E-state index >= 15 is 0 Å². The Bertz CT molecular complexity index is 412. The maximum atomic E-state index is 4.58. The molecule has 3 nitrogen and oxygen atoms in total. The van der Waals surface area contributed by atoms with E-state index in [0.717, 1.165) is 37.7 Å². The van der Waals surface area contributed by atoms with Crippen LogP contribution in [-0.4, -0.2) is 22.9 Å². The Morgan fingerprint density at radius 1 is 1.15 bits per heavy atom. The third-order valence-electron chi connectivity index (χ3n) is 3.96. The molecule has 1 aromatic heterocycles. The van der Waals surface area contributed by atoms with Crippen LogP contribution in [-0.2, 0) is 13.0 Å². The lowest BCUT2D eigenvalue weighted by Gasteiger charge is -2.21. The molecule has 1 heterocycles. The van der Waals surface area contributed by atoms with Gasteiger partial charge in [0.2, 0.25) is 0 Å². The maximum absolute atomic E-state index is 4.58.